The van der Waals surface area contributed by atoms with E-state index < -0.39 is 35.2 Å². The highest BCUT2D eigenvalue weighted by Gasteiger charge is 2.55. The fraction of sp³-hybridized carbons (Fsp3) is 0.846. The Kier molecular flexibility index (Phi) is 10.1. The van der Waals surface area contributed by atoms with Gasteiger partial charge in [0.2, 0.25) is 0 Å². The lowest BCUT2D eigenvalue weighted by Crippen LogP contribution is -2.45. The van der Waals surface area contributed by atoms with Crippen molar-refractivity contribution in [2.24, 2.45) is 0 Å². The van der Waals surface area contributed by atoms with Crippen LogP contribution < -0.4 is 4.13 Å². The molecule has 0 saturated heterocycles. The largest absolute Gasteiger partial charge is 0.512 e. The van der Waals surface area contributed by atoms with Crippen molar-refractivity contribution in [2.45, 2.75) is 50.0 Å². The molecule has 0 aliphatic carbocycles. The second-order valence-corrected chi connectivity index (χ2v) is 9.51. The summed E-state index contributed by atoms with van der Waals surface area (Å²) in [6.45, 7) is 4.57. The Bertz CT molecular complexity index is 663. The maximum Gasteiger partial charge on any atom is 0.512 e. The molecule has 0 aromatic heterocycles. The van der Waals surface area contributed by atoms with Gasteiger partial charge in [0.05, 0.1) is 6.67 Å². The van der Waals surface area contributed by atoms with Crippen LogP contribution in [0.5, 0.6) is 0 Å². The third-order valence-electron chi connectivity index (χ3n) is 3.31. The predicted octanol–water partition coefficient (Wildman–Crippen LogP) is 2.91. The minimum Gasteiger partial charge on any atom is -0.362 e. The Morgan fingerprint density at radius 3 is 1.68 bits per heavy atom. The zero-order valence-corrected chi connectivity index (χ0v) is 16.8. The molecule has 1 aliphatic heterocycles. The van der Waals surface area contributed by atoms with Gasteiger partial charge in [0.15, 0.2) is 0 Å². The number of nitrogens with zero attached hydrogens (tertiary/aromatic N) is 2. The van der Waals surface area contributed by atoms with Crippen LogP contribution in [-0.2, 0) is 20.0 Å². The molecule has 168 valence electrons. The van der Waals surface area contributed by atoms with Gasteiger partial charge in [-0.3, -0.25) is 0 Å². The minimum absolute atomic E-state index is 0.493. The Morgan fingerprint density at radius 2 is 1.32 bits per heavy atom. The molecule has 0 saturated carbocycles. The third-order valence-corrected chi connectivity index (χ3v) is 6.29. The smallest absolute Gasteiger partial charge is 0.362 e. The van der Waals surface area contributed by atoms with Gasteiger partial charge in [0.25, 0.3) is 0 Å². The van der Waals surface area contributed by atoms with Crippen molar-refractivity contribution in [1.82, 2.24) is 13.9 Å². The average Bonchev–Trinajstić information content (AvgIpc) is 2.90. The summed E-state index contributed by atoms with van der Waals surface area (Å²) in [5.41, 5.74) is -12.3. The molecule has 0 aromatic carbocycles. The molecule has 7 nitrogen and oxygen atoms in total. The van der Waals surface area contributed by atoms with E-state index in [1.54, 1.807) is 0 Å². The highest BCUT2D eigenvalue weighted by molar-refractivity contribution is 8.05. The molecule has 0 radical (unpaired) electrons. The van der Waals surface area contributed by atoms with Crippen molar-refractivity contribution < 1.29 is 43.2 Å². The average molecular weight is 463 g/mol. The molecule has 0 fully saturated rings. The van der Waals surface area contributed by atoms with Crippen LogP contribution in [0, 0.1) is 0 Å². The predicted molar refractivity (Wildman–Crippen MR) is 90.3 cm³/mol. The SMILES string of the molecule is CCCCCCCN1C=CN(C)C1.O=S(=O)(NS(=O)(=O)C(F)(F)F)C(F)(F)F. The summed E-state index contributed by atoms with van der Waals surface area (Å²) in [5.74, 6) is 0. The van der Waals surface area contributed by atoms with Gasteiger partial charge >= 0.3 is 31.1 Å². The molecule has 0 atom stereocenters. The van der Waals surface area contributed by atoms with Gasteiger partial charge in [-0.25, -0.2) is 16.8 Å². The van der Waals surface area contributed by atoms with Gasteiger partial charge in [0, 0.05) is 26.0 Å². The second kappa shape index (κ2) is 10.5. The number of rotatable bonds is 8. The number of hydrogen-bond donors (Lipinski definition) is 1. The summed E-state index contributed by atoms with van der Waals surface area (Å²) in [4.78, 5) is 4.60. The number of halogens is 6. The van der Waals surface area contributed by atoms with Crippen LogP contribution in [0.25, 0.3) is 0 Å². The first-order chi connectivity index (χ1) is 12.5. The van der Waals surface area contributed by atoms with E-state index in [0.717, 1.165) is 6.67 Å². The molecular weight excluding hydrogens is 440 g/mol. The normalized spacial score (nSPS) is 15.6. The van der Waals surface area contributed by atoms with Crippen molar-refractivity contribution >= 4 is 20.0 Å². The first kappa shape index (κ1) is 26.8. The first-order valence-corrected chi connectivity index (χ1v) is 11.0. The van der Waals surface area contributed by atoms with Crippen LogP contribution in [0.3, 0.4) is 0 Å². The first-order valence-electron chi connectivity index (χ1n) is 8.07. The summed E-state index contributed by atoms with van der Waals surface area (Å²) in [6.07, 6.45) is 11.2. The Balaban J connectivity index is 0.000000525. The Morgan fingerprint density at radius 1 is 0.857 bits per heavy atom. The van der Waals surface area contributed by atoms with Crippen LogP contribution in [0.1, 0.15) is 39.0 Å². The summed E-state index contributed by atoms with van der Waals surface area (Å²) in [7, 11) is -11.1. The van der Waals surface area contributed by atoms with E-state index in [1.807, 2.05) is 0 Å². The third kappa shape index (κ3) is 9.32. The van der Waals surface area contributed by atoms with Gasteiger partial charge in [-0.05, 0) is 6.42 Å². The second-order valence-electron chi connectivity index (χ2n) is 5.90. The fourth-order valence-corrected chi connectivity index (χ4v) is 3.80. The quantitative estimate of drug-likeness (QED) is 0.440. The lowest BCUT2D eigenvalue weighted by Gasteiger charge is -2.17. The zero-order chi connectivity index (χ0) is 22.2. The maximum absolute atomic E-state index is 11.5. The van der Waals surface area contributed by atoms with Gasteiger partial charge in [-0.2, -0.15) is 26.3 Å². The van der Waals surface area contributed by atoms with Crippen LogP contribution >= 0.6 is 0 Å². The highest BCUT2D eigenvalue weighted by atomic mass is 32.3. The van der Waals surface area contributed by atoms with Crippen LogP contribution in [0.2, 0.25) is 0 Å². The van der Waals surface area contributed by atoms with E-state index in [9.17, 15) is 43.2 Å². The van der Waals surface area contributed by atoms with Crippen molar-refractivity contribution in [3.8, 4) is 0 Å². The van der Waals surface area contributed by atoms with E-state index in [2.05, 4.69) is 36.2 Å². The molecule has 0 spiro atoms. The Hall–Kier alpha value is -1.22. The van der Waals surface area contributed by atoms with Crippen LogP contribution in [0.15, 0.2) is 12.4 Å². The molecule has 1 heterocycles. The molecule has 1 rings (SSSR count). The number of unbranched alkanes of at least 4 members (excludes halogenated alkanes) is 4. The maximum atomic E-state index is 11.5. The number of nitrogens with one attached hydrogen (secondary N) is 1. The molecule has 28 heavy (non-hydrogen) atoms. The molecule has 0 amide bonds. The monoisotopic (exact) mass is 463 g/mol. The van der Waals surface area contributed by atoms with Crippen LogP contribution in [0.4, 0.5) is 26.3 Å². The number of sulfonamides is 2. The molecule has 0 bridgehead atoms. The van der Waals surface area contributed by atoms with Gasteiger partial charge < -0.3 is 9.80 Å². The zero-order valence-electron chi connectivity index (χ0n) is 15.2. The molecule has 15 heteroatoms. The molecule has 0 aromatic rings. The van der Waals surface area contributed by atoms with Gasteiger partial charge in [0.1, 0.15) is 0 Å². The summed E-state index contributed by atoms with van der Waals surface area (Å²) in [6, 6.07) is 0. The standard InChI is InChI=1S/C11H22N2.C2HF6NO4S2/c1-3-4-5-6-7-8-13-10-9-12(2)11-13;3-1(4,5)14(10,11)9-15(12,13)2(6,7)8/h9-10H,3-8,11H2,1-2H3;9H. The van der Waals surface area contributed by atoms with Crippen LogP contribution in [-0.4, -0.2) is 57.9 Å². The fourth-order valence-electron chi connectivity index (χ4n) is 1.89. The summed E-state index contributed by atoms with van der Waals surface area (Å²) < 4.78 is 108. The Labute approximate surface area is 160 Å². The van der Waals surface area contributed by atoms with Crippen molar-refractivity contribution in [3.05, 3.63) is 12.4 Å². The van der Waals surface area contributed by atoms with E-state index >= 15 is 0 Å². The minimum atomic E-state index is -6.60. The summed E-state index contributed by atoms with van der Waals surface area (Å²) >= 11 is 0. The van der Waals surface area contributed by atoms with E-state index in [-0.39, 0.29) is 0 Å². The molecule has 1 aliphatic rings. The number of alkyl halides is 6. The van der Waals surface area contributed by atoms with Gasteiger partial charge in [-0.15, -0.1) is 0 Å². The van der Waals surface area contributed by atoms with E-state index in [1.165, 1.54) is 38.6 Å². The molecular formula is C13H23F6N3O4S2. The van der Waals surface area contributed by atoms with Gasteiger partial charge in [-0.1, -0.05) is 36.7 Å². The molecule has 1 N–H and O–H groups in total. The molecule has 0 unspecified atom stereocenters. The lowest BCUT2D eigenvalue weighted by molar-refractivity contribution is -0.0476. The lowest BCUT2D eigenvalue weighted by atomic mass is 10.1. The van der Waals surface area contributed by atoms with E-state index in [0.29, 0.717) is 0 Å². The summed E-state index contributed by atoms with van der Waals surface area (Å²) in [5, 5.41) is 0. The topological polar surface area (TPSA) is 86.8 Å². The van der Waals surface area contributed by atoms with Crippen molar-refractivity contribution in [3.63, 3.8) is 0 Å². The highest BCUT2D eigenvalue weighted by Crippen LogP contribution is 2.27. The number of hydrogen-bond acceptors (Lipinski definition) is 6. The van der Waals surface area contributed by atoms with E-state index in [4.69, 9.17) is 0 Å². The van der Waals surface area contributed by atoms with Crippen molar-refractivity contribution in [2.75, 3.05) is 20.3 Å². The van der Waals surface area contributed by atoms with Crippen molar-refractivity contribution in [1.29, 1.82) is 0 Å².